The van der Waals surface area contributed by atoms with Crippen LogP contribution in [0.5, 0.6) is 11.5 Å². The Morgan fingerprint density at radius 3 is 1.31 bits per heavy atom. The Hall–Kier alpha value is -3.84. The summed E-state index contributed by atoms with van der Waals surface area (Å²) < 4.78 is 0. The second-order valence-corrected chi connectivity index (χ2v) is 25.1. The van der Waals surface area contributed by atoms with Gasteiger partial charge in [-0.25, -0.2) is 0 Å². The van der Waals surface area contributed by atoms with Crippen LogP contribution < -0.4 is 31.7 Å². The van der Waals surface area contributed by atoms with Gasteiger partial charge in [-0.05, 0) is 101 Å². The largest absolute Gasteiger partial charge is 0.501 e. The number of anilines is 4. The molecule has 0 aromatic heterocycles. The van der Waals surface area contributed by atoms with Crippen molar-refractivity contribution in [2.45, 2.75) is 259 Å². The van der Waals surface area contributed by atoms with Crippen LogP contribution in [0.1, 0.15) is 235 Å². The maximum Gasteiger partial charge on any atom is 0.304 e. The van der Waals surface area contributed by atoms with Crippen molar-refractivity contribution in [1.82, 2.24) is 0 Å². The van der Waals surface area contributed by atoms with Crippen molar-refractivity contribution >= 4 is 58.1 Å². The van der Waals surface area contributed by atoms with E-state index in [9.17, 15) is 19.2 Å². The van der Waals surface area contributed by atoms with E-state index < -0.39 is 28.3 Å². The lowest BCUT2D eigenvalue weighted by Gasteiger charge is -2.34. The van der Waals surface area contributed by atoms with E-state index in [4.69, 9.17) is 21.1 Å². The molecule has 13 heteroatoms. The first-order chi connectivity index (χ1) is 35.6. The number of fused-ring (bicyclic) bond motifs is 2. The van der Waals surface area contributed by atoms with Crippen molar-refractivity contribution < 1.29 is 24.9 Å². The first-order valence-corrected chi connectivity index (χ1v) is 31.4. The number of benzene rings is 2. The lowest BCUT2D eigenvalue weighted by molar-refractivity contribution is -0.136. The molecule has 75 heavy (non-hydrogen) atoms. The van der Waals surface area contributed by atoms with Gasteiger partial charge in [0.2, 0.25) is 17.4 Å². The molecule has 2 aliphatic heterocycles. The highest BCUT2D eigenvalue weighted by molar-refractivity contribution is 7.99. The van der Waals surface area contributed by atoms with Crippen molar-refractivity contribution in [2.24, 2.45) is 0 Å². The monoisotopic (exact) mass is 1080 g/mol. The molecule has 11 nitrogen and oxygen atoms in total. The number of unbranched alkanes of at least 4 members (excludes halogenated alkanes) is 18. The van der Waals surface area contributed by atoms with Crippen LogP contribution in [0.15, 0.2) is 46.0 Å². The van der Waals surface area contributed by atoms with Crippen molar-refractivity contribution in [3.8, 4) is 11.5 Å². The maximum absolute atomic E-state index is 12.5. The molecule has 2 unspecified atom stereocenters. The van der Waals surface area contributed by atoms with E-state index in [1.165, 1.54) is 157 Å². The zero-order chi connectivity index (χ0) is 56.1. The molecule has 6 N–H and O–H groups in total. The average Bonchev–Trinajstić information content (AvgIpc) is 3.69. The van der Waals surface area contributed by atoms with Crippen LogP contribution in [0.25, 0.3) is 0 Å². The van der Waals surface area contributed by atoms with Crippen LogP contribution in [0.4, 0.5) is 22.7 Å². The fourth-order valence-corrected chi connectivity index (χ4v) is 12.1. The number of thioether (sulfide) groups is 2. The summed E-state index contributed by atoms with van der Waals surface area (Å²) in [5, 5.41) is 28.0. The third-order valence-electron chi connectivity index (χ3n) is 15.4. The number of carboxylic acids is 1. The Labute approximate surface area is 463 Å². The topological polar surface area (TPSA) is 173 Å². The van der Waals surface area contributed by atoms with Crippen LogP contribution in [-0.2, 0) is 20.4 Å². The summed E-state index contributed by atoms with van der Waals surface area (Å²) in [5.41, 5.74) is 11.4. The number of hydrogen-bond donors (Lipinski definition) is 5. The van der Waals surface area contributed by atoms with E-state index in [1.807, 2.05) is 17.8 Å². The van der Waals surface area contributed by atoms with Gasteiger partial charge in [0.1, 0.15) is 0 Å². The van der Waals surface area contributed by atoms with Gasteiger partial charge in [-0.1, -0.05) is 169 Å². The van der Waals surface area contributed by atoms with E-state index in [1.54, 1.807) is 11.8 Å². The smallest absolute Gasteiger partial charge is 0.304 e. The average molecular weight is 1080 g/mol. The molecular weight excluding hydrogens is 977 g/mol. The van der Waals surface area contributed by atoms with Crippen LogP contribution in [0.2, 0.25) is 0 Å². The predicted molar refractivity (Wildman–Crippen MR) is 326 cm³/mol. The fourth-order valence-electron chi connectivity index (χ4n) is 10.2. The second-order valence-electron chi connectivity index (χ2n) is 22.7. The van der Waals surface area contributed by atoms with Crippen LogP contribution in [0, 0.1) is 0 Å². The molecule has 0 spiro atoms. The first kappa shape index (κ1) is 67.3. The number of rotatable bonds is 31. The van der Waals surface area contributed by atoms with E-state index in [2.05, 4.69) is 129 Å². The maximum atomic E-state index is 12.5. The number of carbonyl (C=O) groups is 2. The Morgan fingerprint density at radius 1 is 0.573 bits per heavy atom. The van der Waals surface area contributed by atoms with E-state index >= 15 is 0 Å². The van der Waals surface area contributed by atoms with Gasteiger partial charge < -0.3 is 36.2 Å². The summed E-state index contributed by atoms with van der Waals surface area (Å²) in [6.07, 6.45) is 28.4. The number of nitrogens with one attached hydrogen (secondary N) is 1. The fraction of sp³-hybridized carbons (Fsp3) is 0.710. The minimum Gasteiger partial charge on any atom is -0.501 e. The highest BCUT2D eigenvalue weighted by Gasteiger charge is 2.44. The molecule has 2 aliphatic rings. The molecule has 1 amide bonds. The number of nitrogens with two attached hydrogens (primary N) is 1. The van der Waals surface area contributed by atoms with Gasteiger partial charge in [0.15, 0.2) is 0 Å². The Balaban J connectivity index is 0.000000384. The lowest BCUT2D eigenvalue weighted by atomic mass is 9.81. The van der Waals surface area contributed by atoms with Gasteiger partial charge in [0.05, 0.1) is 6.42 Å². The molecule has 3 aromatic carbocycles. The molecule has 0 bridgehead atoms. The van der Waals surface area contributed by atoms with Crippen molar-refractivity contribution in [3.63, 3.8) is 0 Å². The third-order valence-corrected chi connectivity index (χ3v) is 17.5. The normalized spacial score (nSPS) is 15.9. The summed E-state index contributed by atoms with van der Waals surface area (Å²) in [6.45, 7) is 27.4. The molecule has 0 aliphatic carbocycles. The summed E-state index contributed by atoms with van der Waals surface area (Å²) >= 11 is 3.70. The number of carbonyl (C=O) groups excluding carboxylic acids is 1. The summed E-state index contributed by atoms with van der Waals surface area (Å²) in [6, 6.07) is 14.7. The minimum absolute atomic E-state index is 0.118. The van der Waals surface area contributed by atoms with Gasteiger partial charge in [-0.3, -0.25) is 19.2 Å². The number of amides is 1. The van der Waals surface area contributed by atoms with E-state index in [0.29, 0.717) is 37.0 Å². The molecule has 0 fully saturated rings. The number of nitrogens with zero attached hydrogens (tertiary/aromatic N) is 2. The van der Waals surface area contributed by atoms with Crippen molar-refractivity contribution in [1.29, 1.82) is 0 Å². The zero-order valence-corrected chi connectivity index (χ0v) is 50.6. The number of nitrogen functional groups attached to an aromatic ring is 1. The van der Waals surface area contributed by atoms with Gasteiger partial charge in [0, 0.05) is 75.7 Å². The molecule has 0 saturated heterocycles. The molecule has 0 radical (unpaired) electrons. The van der Waals surface area contributed by atoms with Crippen LogP contribution in [-0.4, -0.2) is 74.4 Å². The molecule has 2 atom stereocenters. The first-order valence-electron chi connectivity index (χ1n) is 29.0. The highest BCUT2D eigenvalue weighted by Crippen LogP contribution is 2.48. The predicted octanol–water partition coefficient (Wildman–Crippen LogP) is 15.5. The SMILES string of the molecule is CC(C)N1c2cc(N)ccc2C(C)(C)C1C.CCCCCCCCCCCCSCCC(=O)Nc1ccc2c(c1)N(C(C)C)C(C)C2(C)C.CCCCCCCCCCCCSCCC(=O)O.O=c1c(O)c(O)c1=O. The van der Waals surface area contributed by atoms with Crippen molar-refractivity contribution in [3.05, 3.63) is 68.0 Å². The summed E-state index contributed by atoms with van der Waals surface area (Å²) in [7, 11) is 0. The number of hydrogen-bond acceptors (Lipinski definition) is 11. The number of carboxylic acid groups (broad SMARTS) is 1. The van der Waals surface area contributed by atoms with Gasteiger partial charge in [0.25, 0.3) is 10.9 Å². The summed E-state index contributed by atoms with van der Waals surface area (Å²) in [4.78, 5) is 47.7. The van der Waals surface area contributed by atoms with Crippen LogP contribution >= 0.6 is 23.5 Å². The Morgan fingerprint density at radius 2 is 0.933 bits per heavy atom. The van der Waals surface area contributed by atoms with E-state index in [-0.39, 0.29) is 16.7 Å². The molecule has 0 saturated carbocycles. The Kier molecular flexibility index (Phi) is 31.9. The zero-order valence-electron chi connectivity index (χ0n) is 48.9. The number of aliphatic carboxylic acids is 1. The van der Waals surface area contributed by atoms with Crippen LogP contribution in [0.3, 0.4) is 0 Å². The number of aromatic hydroxyl groups is 2. The third kappa shape index (κ3) is 22.6. The Bertz CT molecular complexity index is 2140. The van der Waals surface area contributed by atoms with Gasteiger partial charge >= 0.3 is 5.97 Å². The molecular formula is C62H104N4O7S2. The quantitative estimate of drug-likeness (QED) is 0.0235. The van der Waals surface area contributed by atoms with Crippen molar-refractivity contribution in [2.75, 3.05) is 43.9 Å². The lowest BCUT2D eigenvalue weighted by Crippen LogP contribution is -2.42. The highest BCUT2D eigenvalue weighted by atomic mass is 32.2. The molecule has 5 rings (SSSR count). The molecule has 3 aromatic rings. The standard InChI is InChI=1S/C29H50N2OS.C15H30O2S.C14H22N2.C4H2O4/c1-7-8-9-10-11-12-13-14-15-16-20-33-21-19-28(32)30-25-17-18-26-27(22-25)31(23(2)3)24(4)29(26,5)6;1-2-3-4-5-6-7-8-9-10-11-13-18-14-12-15(16)17;1-9(2)16-10(3)14(4,5)12-7-6-11(15)8-13(12)16;5-1-2(6)4(8)3(1)7/h17-18,22-24H,7-16,19-21H2,1-6H3,(H,30,32);2-14H2,1H3,(H,16,17);6-10H,15H2,1-5H3;5-6H. The van der Waals surface area contributed by atoms with E-state index in [0.717, 1.165) is 28.6 Å². The second kappa shape index (κ2) is 35.5. The van der Waals surface area contributed by atoms with Gasteiger partial charge in [-0.2, -0.15) is 23.5 Å². The molecule has 2 heterocycles. The summed E-state index contributed by atoms with van der Waals surface area (Å²) in [5.74, 6) is 1.80. The minimum atomic E-state index is -1.01. The van der Waals surface area contributed by atoms with Gasteiger partial charge in [-0.15, -0.1) is 0 Å². The molecule has 426 valence electrons.